The van der Waals surface area contributed by atoms with Crippen molar-refractivity contribution in [2.24, 2.45) is 0 Å². The lowest BCUT2D eigenvalue weighted by Gasteiger charge is -2.11. The first kappa shape index (κ1) is 13.5. The van der Waals surface area contributed by atoms with Gasteiger partial charge >= 0.3 is 0 Å². The lowest BCUT2D eigenvalue weighted by atomic mass is 9.97. The molecule has 1 N–H and O–H groups in total. The van der Waals surface area contributed by atoms with E-state index < -0.39 is 0 Å². The fourth-order valence-corrected chi connectivity index (χ4v) is 2.27. The molecule has 1 aromatic rings. The molecule has 0 heterocycles. The number of aryl methyl sites for hydroxylation is 3. The van der Waals surface area contributed by atoms with E-state index in [1.807, 2.05) is 0 Å². The van der Waals surface area contributed by atoms with E-state index >= 15 is 0 Å². The van der Waals surface area contributed by atoms with Gasteiger partial charge in [-0.3, -0.25) is 0 Å². The molecule has 0 aliphatic heterocycles. The number of rotatable bonds is 6. The predicted molar refractivity (Wildman–Crippen MR) is 72.6 cm³/mol. The van der Waals surface area contributed by atoms with Crippen LogP contribution in [0.5, 0.6) is 0 Å². The average Bonchev–Trinajstić information content (AvgIpc) is 2.20. The summed E-state index contributed by atoms with van der Waals surface area (Å²) in [5.41, 5.74) is 5.67. The molecule has 16 heavy (non-hydrogen) atoms. The van der Waals surface area contributed by atoms with Gasteiger partial charge in [-0.15, -0.1) is 11.6 Å². The van der Waals surface area contributed by atoms with Crippen LogP contribution in [0.3, 0.4) is 0 Å². The van der Waals surface area contributed by atoms with Crippen LogP contribution in [0.25, 0.3) is 0 Å². The van der Waals surface area contributed by atoms with Crippen molar-refractivity contribution < 1.29 is 0 Å². The summed E-state index contributed by atoms with van der Waals surface area (Å²) in [6, 6.07) is 4.53. The van der Waals surface area contributed by atoms with Crippen LogP contribution >= 0.6 is 11.6 Å². The fraction of sp³-hybridized carbons (Fsp3) is 0.571. The van der Waals surface area contributed by atoms with Gasteiger partial charge in [0.15, 0.2) is 0 Å². The Morgan fingerprint density at radius 2 is 1.69 bits per heavy atom. The Hall–Kier alpha value is -0.530. The van der Waals surface area contributed by atoms with E-state index in [1.54, 1.807) is 0 Å². The smallest absolute Gasteiger partial charge is 0.0235 e. The second-order valence-electron chi connectivity index (χ2n) is 4.42. The lowest BCUT2D eigenvalue weighted by Crippen LogP contribution is -2.19. The van der Waals surface area contributed by atoms with Crippen LogP contribution in [0.2, 0.25) is 0 Å². The number of hydrogen-bond donors (Lipinski definition) is 1. The number of alkyl halides is 1. The third-order valence-electron chi connectivity index (χ3n) is 2.88. The van der Waals surface area contributed by atoms with Crippen LogP contribution in [0, 0.1) is 20.8 Å². The predicted octanol–water partition coefficient (Wildman–Crippen LogP) is 3.37. The zero-order chi connectivity index (χ0) is 12.0. The largest absolute Gasteiger partial charge is 0.316 e. The highest BCUT2D eigenvalue weighted by Gasteiger charge is 2.02. The summed E-state index contributed by atoms with van der Waals surface area (Å²) in [5.74, 6) is 0.746. The molecule has 1 nitrogen and oxygen atoms in total. The third-order valence-corrected chi connectivity index (χ3v) is 3.15. The van der Waals surface area contributed by atoms with Gasteiger partial charge in [0.1, 0.15) is 0 Å². The van der Waals surface area contributed by atoms with Gasteiger partial charge in [0.25, 0.3) is 0 Å². The maximum atomic E-state index is 5.63. The Morgan fingerprint density at radius 1 is 1.06 bits per heavy atom. The summed E-state index contributed by atoms with van der Waals surface area (Å²) in [5, 5.41) is 3.42. The molecule has 1 rings (SSSR count). The molecule has 0 spiro atoms. The molecule has 0 saturated heterocycles. The van der Waals surface area contributed by atoms with Crippen LogP contribution in [0.4, 0.5) is 0 Å². The Morgan fingerprint density at radius 3 is 2.25 bits per heavy atom. The highest BCUT2D eigenvalue weighted by molar-refractivity contribution is 6.17. The molecule has 90 valence electrons. The minimum Gasteiger partial charge on any atom is -0.316 e. The average molecular weight is 240 g/mol. The number of nitrogens with one attached hydrogen (secondary N) is 1. The molecule has 0 aromatic heterocycles. The monoisotopic (exact) mass is 239 g/mol. The van der Waals surface area contributed by atoms with E-state index in [9.17, 15) is 0 Å². The maximum absolute atomic E-state index is 5.63. The highest BCUT2D eigenvalue weighted by atomic mass is 35.5. The summed E-state index contributed by atoms with van der Waals surface area (Å²) in [4.78, 5) is 0. The molecular weight excluding hydrogens is 218 g/mol. The normalized spacial score (nSPS) is 10.8. The Bertz CT molecular complexity index is 311. The van der Waals surface area contributed by atoms with E-state index in [0.717, 1.165) is 31.8 Å². The second-order valence-corrected chi connectivity index (χ2v) is 4.80. The zero-order valence-corrected chi connectivity index (χ0v) is 11.3. The molecule has 0 amide bonds. The lowest BCUT2D eigenvalue weighted by molar-refractivity contribution is 0.671. The van der Waals surface area contributed by atoms with Crippen molar-refractivity contribution in [3.05, 3.63) is 34.4 Å². The third kappa shape index (κ3) is 4.15. The fourth-order valence-electron chi connectivity index (χ4n) is 2.13. The molecule has 0 saturated carbocycles. The first-order valence-electron chi connectivity index (χ1n) is 5.98. The first-order valence-corrected chi connectivity index (χ1v) is 6.52. The minimum atomic E-state index is 0.746. The molecule has 0 unspecified atom stereocenters. The number of hydrogen-bond acceptors (Lipinski definition) is 1. The van der Waals surface area contributed by atoms with Crippen molar-refractivity contribution in [1.82, 2.24) is 5.32 Å². The van der Waals surface area contributed by atoms with E-state index in [0.29, 0.717) is 0 Å². The minimum absolute atomic E-state index is 0.746. The standard InChI is InChI=1S/C14H22ClN/c1-11-9-12(2)14(13(3)10-11)5-8-16-7-4-6-15/h9-10,16H,4-8H2,1-3H3. The molecule has 0 bridgehead atoms. The molecule has 1 aromatic carbocycles. The second kappa shape index (κ2) is 6.93. The molecule has 0 fully saturated rings. The Kier molecular flexibility index (Phi) is 5.86. The first-order chi connectivity index (χ1) is 7.65. The van der Waals surface area contributed by atoms with Crippen LogP contribution in [0.15, 0.2) is 12.1 Å². The van der Waals surface area contributed by atoms with Crippen LogP contribution in [-0.2, 0) is 6.42 Å². The van der Waals surface area contributed by atoms with Gasteiger partial charge in [0.05, 0.1) is 0 Å². The number of halogens is 1. The topological polar surface area (TPSA) is 12.0 Å². The van der Waals surface area contributed by atoms with Crippen molar-refractivity contribution >= 4 is 11.6 Å². The quantitative estimate of drug-likeness (QED) is 0.593. The van der Waals surface area contributed by atoms with Crippen LogP contribution in [-0.4, -0.2) is 19.0 Å². The van der Waals surface area contributed by atoms with Gasteiger partial charge in [0.2, 0.25) is 0 Å². The summed E-state index contributed by atoms with van der Waals surface area (Å²) in [6.45, 7) is 8.62. The van der Waals surface area contributed by atoms with Gasteiger partial charge in [0, 0.05) is 5.88 Å². The summed E-state index contributed by atoms with van der Waals surface area (Å²) in [6.07, 6.45) is 2.16. The van der Waals surface area contributed by atoms with E-state index in [2.05, 4.69) is 38.2 Å². The van der Waals surface area contributed by atoms with E-state index in [-0.39, 0.29) is 0 Å². The summed E-state index contributed by atoms with van der Waals surface area (Å²) < 4.78 is 0. The molecule has 2 heteroatoms. The molecule has 0 atom stereocenters. The van der Waals surface area contributed by atoms with Gasteiger partial charge in [-0.25, -0.2) is 0 Å². The van der Waals surface area contributed by atoms with Gasteiger partial charge in [-0.1, -0.05) is 17.7 Å². The highest BCUT2D eigenvalue weighted by Crippen LogP contribution is 2.16. The van der Waals surface area contributed by atoms with Gasteiger partial charge in [-0.05, 0) is 63.4 Å². The summed E-state index contributed by atoms with van der Waals surface area (Å²) >= 11 is 5.63. The SMILES string of the molecule is Cc1cc(C)c(CCNCCCCl)c(C)c1. The van der Waals surface area contributed by atoms with Crippen molar-refractivity contribution in [2.45, 2.75) is 33.6 Å². The maximum Gasteiger partial charge on any atom is 0.0235 e. The molecule has 0 aliphatic rings. The summed E-state index contributed by atoms with van der Waals surface area (Å²) in [7, 11) is 0. The molecular formula is C14H22ClN. The van der Waals surface area contributed by atoms with Gasteiger partial charge < -0.3 is 5.32 Å². The van der Waals surface area contributed by atoms with Gasteiger partial charge in [-0.2, -0.15) is 0 Å². The Balaban J connectivity index is 2.47. The van der Waals surface area contributed by atoms with Crippen molar-refractivity contribution in [1.29, 1.82) is 0 Å². The van der Waals surface area contributed by atoms with E-state index in [1.165, 1.54) is 22.3 Å². The molecule has 0 aliphatic carbocycles. The number of benzene rings is 1. The molecule has 0 radical (unpaired) electrons. The Labute approximate surface area is 104 Å². The van der Waals surface area contributed by atoms with Crippen LogP contribution < -0.4 is 5.32 Å². The zero-order valence-electron chi connectivity index (χ0n) is 10.6. The van der Waals surface area contributed by atoms with Crippen molar-refractivity contribution in [2.75, 3.05) is 19.0 Å². The van der Waals surface area contributed by atoms with Crippen molar-refractivity contribution in [3.63, 3.8) is 0 Å². The van der Waals surface area contributed by atoms with Crippen molar-refractivity contribution in [3.8, 4) is 0 Å². The van der Waals surface area contributed by atoms with E-state index in [4.69, 9.17) is 11.6 Å². The van der Waals surface area contributed by atoms with Crippen LogP contribution in [0.1, 0.15) is 28.7 Å².